The molecule has 0 amide bonds. The SMILES string of the molecule is CCCCCCCCCCCCCCCCCCN[Si](OC)(OC)C(Cl)CC.N. The average molecular weight is 453 g/mol. The minimum Gasteiger partial charge on any atom is -0.385 e. The van der Waals surface area contributed by atoms with Crippen LogP contribution in [-0.4, -0.2) is 34.5 Å². The van der Waals surface area contributed by atoms with Crippen LogP contribution >= 0.6 is 11.6 Å². The van der Waals surface area contributed by atoms with Gasteiger partial charge in [0.15, 0.2) is 0 Å². The van der Waals surface area contributed by atoms with E-state index in [9.17, 15) is 0 Å². The summed E-state index contributed by atoms with van der Waals surface area (Å²) in [4.78, 5) is 3.50. The van der Waals surface area contributed by atoms with Crippen LogP contribution in [0.15, 0.2) is 0 Å². The maximum absolute atomic E-state index is 6.41. The molecule has 29 heavy (non-hydrogen) atoms. The van der Waals surface area contributed by atoms with Crippen LogP contribution in [0.25, 0.3) is 0 Å². The molecule has 0 aliphatic rings. The highest BCUT2D eigenvalue weighted by atomic mass is 35.5. The maximum atomic E-state index is 6.41. The zero-order chi connectivity index (χ0) is 20.9. The molecule has 0 bridgehead atoms. The van der Waals surface area contributed by atoms with Gasteiger partial charge in [0.05, 0.1) is 5.00 Å². The van der Waals surface area contributed by atoms with Gasteiger partial charge in [-0.15, -0.1) is 11.6 Å². The number of halogens is 1. The van der Waals surface area contributed by atoms with Crippen LogP contribution in [0.4, 0.5) is 0 Å². The highest BCUT2D eigenvalue weighted by molar-refractivity contribution is 6.74. The van der Waals surface area contributed by atoms with E-state index in [1.54, 1.807) is 14.2 Å². The first-order chi connectivity index (χ1) is 13.7. The van der Waals surface area contributed by atoms with Crippen LogP contribution in [-0.2, 0) is 8.85 Å². The van der Waals surface area contributed by atoms with Crippen molar-refractivity contribution >= 4 is 20.3 Å². The van der Waals surface area contributed by atoms with E-state index in [2.05, 4.69) is 18.8 Å². The topological polar surface area (TPSA) is 65.5 Å². The standard InChI is InChI=1S/C23H50ClNO2Si.H3N/c1-5-7-8-9-10-11-12-13-14-15-16-17-18-19-20-21-22-25-28(26-3,27-4)23(24)6-2;/h23,25H,5-22H2,1-4H3;1H3. The van der Waals surface area contributed by atoms with Crippen molar-refractivity contribution in [2.75, 3.05) is 20.8 Å². The van der Waals surface area contributed by atoms with Crippen LogP contribution in [0.3, 0.4) is 0 Å². The van der Waals surface area contributed by atoms with E-state index in [-0.39, 0.29) is 11.2 Å². The smallest absolute Gasteiger partial charge is 0.385 e. The number of nitrogens with one attached hydrogen (secondary N) is 1. The van der Waals surface area contributed by atoms with E-state index < -0.39 is 8.72 Å². The number of hydrogen-bond acceptors (Lipinski definition) is 4. The Morgan fingerprint density at radius 1 is 0.655 bits per heavy atom. The van der Waals surface area contributed by atoms with Gasteiger partial charge in [0.25, 0.3) is 0 Å². The molecule has 0 saturated heterocycles. The predicted molar refractivity (Wildman–Crippen MR) is 132 cm³/mol. The molecule has 6 heteroatoms. The molecule has 0 rings (SSSR count). The summed E-state index contributed by atoms with van der Waals surface area (Å²) >= 11 is 6.41. The van der Waals surface area contributed by atoms with Gasteiger partial charge in [-0.1, -0.05) is 110 Å². The van der Waals surface area contributed by atoms with Crippen LogP contribution < -0.4 is 11.1 Å². The Balaban J connectivity index is 0. The van der Waals surface area contributed by atoms with Crippen molar-refractivity contribution in [1.29, 1.82) is 0 Å². The zero-order valence-corrected chi connectivity index (χ0v) is 22.0. The lowest BCUT2D eigenvalue weighted by Crippen LogP contribution is -2.62. The highest BCUT2D eigenvalue weighted by Gasteiger charge is 2.43. The molecule has 178 valence electrons. The van der Waals surface area contributed by atoms with Crippen molar-refractivity contribution in [3.63, 3.8) is 0 Å². The molecule has 0 fully saturated rings. The lowest BCUT2D eigenvalue weighted by atomic mass is 10.0. The Kier molecular flexibility index (Phi) is 25.0. The fourth-order valence-electron chi connectivity index (χ4n) is 3.80. The van der Waals surface area contributed by atoms with Crippen LogP contribution in [0.5, 0.6) is 0 Å². The molecular formula is C23H53ClN2O2Si. The minimum absolute atomic E-state index is 0. The van der Waals surface area contributed by atoms with E-state index in [0.717, 1.165) is 13.0 Å². The van der Waals surface area contributed by atoms with Gasteiger partial charge in [-0.3, -0.25) is 4.98 Å². The summed E-state index contributed by atoms with van der Waals surface area (Å²) in [5.41, 5.74) is 0. The summed E-state index contributed by atoms with van der Waals surface area (Å²) in [5, 5.41) is -0.0523. The molecule has 1 unspecified atom stereocenters. The van der Waals surface area contributed by atoms with E-state index >= 15 is 0 Å². The first-order valence-corrected chi connectivity index (χ1v) is 14.5. The summed E-state index contributed by atoms with van der Waals surface area (Å²) in [7, 11) is 0.979. The van der Waals surface area contributed by atoms with Crippen molar-refractivity contribution in [1.82, 2.24) is 11.1 Å². The number of alkyl halides is 1. The normalized spacial score (nSPS) is 12.7. The molecule has 0 aromatic heterocycles. The van der Waals surface area contributed by atoms with Gasteiger partial charge >= 0.3 is 8.72 Å². The van der Waals surface area contributed by atoms with Crippen molar-refractivity contribution in [3.8, 4) is 0 Å². The summed E-state index contributed by atoms with van der Waals surface area (Å²) in [6.07, 6.45) is 23.2. The van der Waals surface area contributed by atoms with Crippen molar-refractivity contribution in [2.24, 2.45) is 0 Å². The van der Waals surface area contributed by atoms with Crippen molar-refractivity contribution < 1.29 is 8.85 Å². The molecule has 0 aliphatic carbocycles. The Morgan fingerprint density at radius 2 is 1.00 bits per heavy atom. The number of rotatable bonds is 22. The Bertz CT molecular complexity index is 321. The monoisotopic (exact) mass is 452 g/mol. The minimum atomic E-state index is -2.44. The van der Waals surface area contributed by atoms with Crippen LogP contribution in [0.2, 0.25) is 0 Å². The third-order valence-corrected chi connectivity index (χ3v) is 10.1. The molecule has 0 aromatic carbocycles. The quantitative estimate of drug-likeness (QED) is 0.0998. The van der Waals surface area contributed by atoms with Gasteiger partial charge in [0.1, 0.15) is 0 Å². The predicted octanol–water partition coefficient (Wildman–Crippen LogP) is 7.79. The lowest BCUT2D eigenvalue weighted by molar-refractivity contribution is 0.223. The fourth-order valence-corrected chi connectivity index (χ4v) is 6.82. The fraction of sp³-hybridized carbons (Fsp3) is 1.00. The molecule has 0 spiro atoms. The van der Waals surface area contributed by atoms with Crippen LogP contribution in [0.1, 0.15) is 123 Å². The third-order valence-electron chi connectivity index (χ3n) is 5.78. The van der Waals surface area contributed by atoms with Gasteiger partial charge in [0, 0.05) is 14.2 Å². The van der Waals surface area contributed by atoms with Crippen molar-refractivity contribution in [3.05, 3.63) is 0 Å². The lowest BCUT2D eigenvalue weighted by Gasteiger charge is -2.31. The molecule has 1 atom stereocenters. The number of hydrogen-bond donors (Lipinski definition) is 2. The molecule has 0 radical (unpaired) electrons. The van der Waals surface area contributed by atoms with Gasteiger partial charge in [-0.2, -0.15) is 0 Å². The largest absolute Gasteiger partial charge is 0.443 e. The summed E-state index contributed by atoms with van der Waals surface area (Å²) in [6.45, 7) is 5.31. The molecular weight excluding hydrogens is 400 g/mol. The second-order valence-electron chi connectivity index (χ2n) is 8.18. The van der Waals surface area contributed by atoms with E-state index in [1.165, 1.54) is 103 Å². The van der Waals surface area contributed by atoms with Gasteiger partial charge in [0.2, 0.25) is 0 Å². The molecule has 0 heterocycles. The van der Waals surface area contributed by atoms with E-state index in [1.807, 2.05) is 0 Å². The van der Waals surface area contributed by atoms with Gasteiger partial charge in [-0.25, -0.2) is 0 Å². The Labute approximate surface area is 189 Å². The van der Waals surface area contributed by atoms with Crippen molar-refractivity contribution in [2.45, 2.75) is 128 Å². The number of unbranched alkanes of at least 4 members (excludes halogenated alkanes) is 15. The van der Waals surface area contributed by atoms with E-state index in [0.29, 0.717) is 0 Å². The molecule has 0 aromatic rings. The molecule has 0 aliphatic heterocycles. The average Bonchev–Trinajstić information content (AvgIpc) is 2.73. The van der Waals surface area contributed by atoms with E-state index in [4.69, 9.17) is 20.5 Å². The first kappa shape index (κ1) is 31.5. The second kappa shape index (κ2) is 23.0. The summed E-state index contributed by atoms with van der Waals surface area (Å²) < 4.78 is 11.3. The summed E-state index contributed by atoms with van der Waals surface area (Å²) in [6, 6.07) is 0. The second-order valence-corrected chi connectivity index (χ2v) is 12.3. The molecule has 4 N–H and O–H groups in total. The molecule has 0 saturated carbocycles. The zero-order valence-electron chi connectivity index (χ0n) is 20.2. The maximum Gasteiger partial charge on any atom is 0.443 e. The highest BCUT2D eigenvalue weighted by Crippen LogP contribution is 2.17. The summed E-state index contributed by atoms with van der Waals surface area (Å²) in [5.74, 6) is 0. The molecule has 4 nitrogen and oxygen atoms in total. The van der Waals surface area contributed by atoms with Gasteiger partial charge < -0.3 is 15.0 Å². The van der Waals surface area contributed by atoms with Gasteiger partial charge in [-0.05, 0) is 19.4 Å². The Morgan fingerprint density at radius 3 is 1.31 bits per heavy atom. The van der Waals surface area contributed by atoms with Crippen LogP contribution in [0, 0.1) is 0 Å². The first-order valence-electron chi connectivity index (χ1n) is 12.2. The third kappa shape index (κ3) is 16.7. The Hall–Kier alpha value is 0.347.